The van der Waals surface area contributed by atoms with Crippen LogP contribution in [-0.4, -0.2) is 82.7 Å². The number of nitrogens with zero attached hydrogens (tertiary/aromatic N) is 3. The van der Waals surface area contributed by atoms with Gasteiger partial charge in [0.1, 0.15) is 0 Å². The molecule has 0 saturated carbocycles. The second kappa shape index (κ2) is 8.91. The molecule has 0 bridgehead atoms. The van der Waals surface area contributed by atoms with Crippen LogP contribution in [0.4, 0.5) is 15.6 Å². The third-order valence-electron chi connectivity index (χ3n) is 4.52. The van der Waals surface area contributed by atoms with Crippen molar-refractivity contribution >= 4 is 73.9 Å². The van der Waals surface area contributed by atoms with Gasteiger partial charge in [0.2, 0.25) is 0 Å². The number of hydrogen-bond acceptors (Lipinski definition) is 5. The molecule has 3 aromatic rings. The van der Waals surface area contributed by atoms with Crippen LogP contribution in [0.15, 0.2) is 48.5 Å². The zero-order valence-corrected chi connectivity index (χ0v) is 15.3. The number of fused-ring (bicyclic) bond motifs is 1. The molecule has 1 fully saturated rings. The summed E-state index contributed by atoms with van der Waals surface area (Å²) in [5.41, 5.74) is 1.38. The Morgan fingerprint density at radius 1 is 1.00 bits per heavy atom. The molecule has 1 saturated heterocycles. The molecule has 28 heavy (non-hydrogen) atoms. The number of carbonyl (C=O) groups excluding carboxylic acids is 1. The number of thiazole rings is 1. The van der Waals surface area contributed by atoms with E-state index in [0.717, 1.165) is 15.3 Å². The Bertz CT molecular complexity index is 969. The van der Waals surface area contributed by atoms with E-state index in [9.17, 15) is 14.7 Å². The zero-order chi connectivity index (χ0) is 18.8. The third kappa shape index (κ3) is 4.30. The molecule has 1 aliphatic rings. The molecule has 0 aliphatic carbocycles. The SMILES string of the molecule is O=C(O)c1ccccc1NC(=O)N1CCN(c2nc3ccccc3s2)CC1.[NaH]. The number of urea groups is 1. The van der Waals surface area contributed by atoms with Crippen molar-refractivity contribution in [2.24, 2.45) is 0 Å². The molecule has 2 aromatic carbocycles. The number of rotatable bonds is 3. The van der Waals surface area contributed by atoms with Gasteiger partial charge in [-0.3, -0.25) is 0 Å². The fourth-order valence-corrected chi connectivity index (χ4v) is 4.09. The van der Waals surface area contributed by atoms with Gasteiger partial charge in [0.15, 0.2) is 5.13 Å². The predicted octanol–water partition coefficient (Wildman–Crippen LogP) is 2.70. The second-order valence-electron chi connectivity index (χ2n) is 6.22. The van der Waals surface area contributed by atoms with Gasteiger partial charge in [0.05, 0.1) is 21.5 Å². The van der Waals surface area contributed by atoms with Crippen LogP contribution in [0.3, 0.4) is 0 Å². The molecule has 0 spiro atoms. The minimum atomic E-state index is -1.06. The molecule has 0 radical (unpaired) electrons. The van der Waals surface area contributed by atoms with E-state index in [-0.39, 0.29) is 41.2 Å². The molecule has 2 amide bonds. The fourth-order valence-electron chi connectivity index (χ4n) is 3.07. The van der Waals surface area contributed by atoms with Gasteiger partial charge in [-0.25, -0.2) is 14.6 Å². The van der Waals surface area contributed by atoms with E-state index in [2.05, 4.69) is 21.3 Å². The van der Waals surface area contributed by atoms with Gasteiger partial charge in [0.25, 0.3) is 0 Å². The topological polar surface area (TPSA) is 85.8 Å². The first-order valence-corrected chi connectivity index (χ1v) is 9.42. The van der Waals surface area contributed by atoms with E-state index >= 15 is 0 Å². The van der Waals surface area contributed by atoms with Crippen LogP contribution in [-0.2, 0) is 0 Å². The number of para-hydroxylation sites is 2. The van der Waals surface area contributed by atoms with Gasteiger partial charge in [-0.05, 0) is 24.3 Å². The summed E-state index contributed by atoms with van der Waals surface area (Å²) >= 11 is 1.65. The maximum absolute atomic E-state index is 12.5. The van der Waals surface area contributed by atoms with Crippen molar-refractivity contribution < 1.29 is 14.7 Å². The number of nitrogens with one attached hydrogen (secondary N) is 1. The van der Waals surface area contributed by atoms with Crippen molar-refractivity contribution in [3.05, 3.63) is 54.1 Å². The summed E-state index contributed by atoms with van der Waals surface area (Å²) in [7, 11) is 0. The molecule has 0 unspecified atom stereocenters. The first-order valence-electron chi connectivity index (χ1n) is 8.60. The van der Waals surface area contributed by atoms with Gasteiger partial charge in [-0.2, -0.15) is 0 Å². The number of carbonyl (C=O) groups is 2. The molecule has 1 aromatic heterocycles. The van der Waals surface area contributed by atoms with E-state index in [1.807, 2.05) is 18.2 Å². The van der Waals surface area contributed by atoms with Crippen molar-refractivity contribution in [3.63, 3.8) is 0 Å². The van der Waals surface area contributed by atoms with Crippen molar-refractivity contribution in [2.75, 3.05) is 36.4 Å². The standard InChI is InChI=1S/C19H18N4O3S.Na.H/c24-17(25)13-5-1-2-6-14(13)20-18(26)22-9-11-23(12-10-22)19-21-15-7-3-4-8-16(15)27-19;;/h1-8H,9-12H2,(H,20,26)(H,24,25);;. The first-order chi connectivity index (χ1) is 13.1. The molecule has 4 rings (SSSR count). The van der Waals surface area contributed by atoms with Crippen LogP contribution in [0.5, 0.6) is 0 Å². The molecule has 7 nitrogen and oxygen atoms in total. The summed E-state index contributed by atoms with van der Waals surface area (Å²) in [5, 5.41) is 12.9. The fraction of sp³-hybridized carbons (Fsp3) is 0.211. The number of aromatic carboxylic acids is 1. The Labute approximate surface area is 188 Å². The molecule has 9 heteroatoms. The summed E-state index contributed by atoms with van der Waals surface area (Å²) in [5.74, 6) is -1.06. The van der Waals surface area contributed by atoms with Crippen molar-refractivity contribution in [1.82, 2.24) is 9.88 Å². The molecule has 2 heterocycles. The molecule has 0 atom stereocenters. The maximum atomic E-state index is 12.5. The number of piperazine rings is 1. The molecular weight excluding hydrogens is 387 g/mol. The van der Waals surface area contributed by atoms with Crippen LogP contribution < -0.4 is 10.2 Å². The van der Waals surface area contributed by atoms with Gasteiger partial charge >= 0.3 is 41.6 Å². The Balaban J connectivity index is 0.00000225. The van der Waals surface area contributed by atoms with E-state index in [1.165, 1.54) is 6.07 Å². The summed E-state index contributed by atoms with van der Waals surface area (Å²) < 4.78 is 1.15. The van der Waals surface area contributed by atoms with Gasteiger partial charge in [0, 0.05) is 26.2 Å². The van der Waals surface area contributed by atoms with Crippen LogP contribution >= 0.6 is 11.3 Å². The quantitative estimate of drug-likeness (QED) is 0.654. The molecule has 1 aliphatic heterocycles. The van der Waals surface area contributed by atoms with Gasteiger partial charge in [-0.1, -0.05) is 35.6 Å². The Morgan fingerprint density at radius 2 is 1.68 bits per heavy atom. The number of anilines is 2. The molecular formula is C19H19N4NaO3S. The Kier molecular flexibility index (Phi) is 6.56. The van der Waals surface area contributed by atoms with E-state index in [1.54, 1.807) is 34.4 Å². The average Bonchev–Trinajstić information content (AvgIpc) is 3.12. The van der Waals surface area contributed by atoms with Crippen LogP contribution in [0.1, 0.15) is 10.4 Å². The number of aromatic nitrogens is 1. The number of carboxylic acid groups (broad SMARTS) is 1. The van der Waals surface area contributed by atoms with Gasteiger partial charge < -0.3 is 20.2 Å². The predicted molar refractivity (Wildman–Crippen MR) is 113 cm³/mol. The van der Waals surface area contributed by atoms with Crippen LogP contribution in [0.2, 0.25) is 0 Å². The van der Waals surface area contributed by atoms with E-state index in [4.69, 9.17) is 0 Å². The number of hydrogen-bond donors (Lipinski definition) is 2. The summed E-state index contributed by atoms with van der Waals surface area (Å²) in [6, 6.07) is 14.2. The number of benzene rings is 2. The minimum absolute atomic E-state index is 0. The Morgan fingerprint density at radius 3 is 2.39 bits per heavy atom. The van der Waals surface area contributed by atoms with E-state index < -0.39 is 5.97 Å². The summed E-state index contributed by atoms with van der Waals surface area (Å²) in [6.45, 7) is 2.48. The normalized spacial score (nSPS) is 13.9. The summed E-state index contributed by atoms with van der Waals surface area (Å²) in [4.78, 5) is 32.3. The summed E-state index contributed by atoms with van der Waals surface area (Å²) in [6.07, 6.45) is 0. The third-order valence-corrected chi connectivity index (χ3v) is 5.62. The van der Waals surface area contributed by atoms with Crippen molar-refractivity contribution in [1.29, 1.82) is 0 Å². The van der Waals surface area contributed by atoms with Crippen LogP contribution in [0, 0.1) is 0 Å². The van der Waals surface area contributed by atoms with Gasteiger partial charge in [-0.15, -0.1) is 0 Å². The molecule has 2 N–H and O–H groups in total. The monoisotopic (exact) mass is 406 g/mol. The average molecular weight is 406 g/mol. The second-order valence-corrected chi connectivity index (χ2v) is 7.23. The first kappa shape index (κ1) is 20.6. The molecule has 140 valence electrons. The van der Waals surface area contributed by atoms with E-state index in [0.29, 0.717) is 31.9 Å². The zero-order valence-electron chi connectivity index (χ0n) is 14.5. The Hall–Kier alpha value is -2.13. The number of amides is 2. The van der Waals surface area contributed by atoms with Crippen LogP contribution in [0.25, 0.3) is 10.2 Å². The van der Waals surface area contributed by atoms with Crippen molar-refractivity contribution in [3.8, 4) is 0 Å². The number of carboxylic acids is 1. The van der Waals surface area contributed by atoms with Crippen molar-refractivity contribution in [2.45, 2.75) is 0 Å².